The molecule has 1 saturated heterocycles. The van der Waals surface area contributed by atoms with E-state index in [1.165, 1.54) is 4.31 Å². The predicted octanol–water partition coefficient (Wildman–Crippen LogP) is 1.49. The highest BCUT2D eigenvalue weighted by Gasteiger charge is 2.32. The molecule has 1 aliphatic heterocycles. The van der Waals surface area contributed by atoms with Gasteiger partial charge in [0.05, 0.1) is 17.0 Å². The van der Waals surface area contributed by atoms with E-state index in [-0.39, 0.29) is 43.5 Å². The zero-order valence-corrected chi connectivity index (χ0v) is 17.5. The van der Waals surface area contributed by atoms with E-state index in [4.69, 9.17) is 0 Å². The molecule has 0 bridgehead atoms. The van der Waals surface area contributed by atoms with Gasteiger partial charge in [-0.2, -0.15) is 17.5 Å². The van der Waals surface area contributed by atoms with E-state index in [1.54, 1.807) is 4.90 Å². The number of carbonyl (C=O) groups excluding carboxylic acids is 2. The molecule has 1 aromatic rings. The van der Waals surface area contributed by atoms with Crippen LogP contribution in [-0.2, 0) is 21.0 Å². The van der Waals surface area contributed by atoms with Gasteiger partial charge in [-0.3, -0.25) is 15.0 Å². The molecule has 2 N–H and O–H groups in total. The first-order chi connectivity index (χ1) is 13.9. The van der Waals surface area contributed by atoms with Gasteiger partial charge in [-0.15, -0.1) is 0 Å². The van der Waals surface area contributed by atoms with Crippen molar-refractivity contribution >= 4 is 22.0 Å². The van der Waals surface area contributed by atoms with Crippen LogP contribution in [0.4, 0.5) is 18.0 Å². The third-order valence-corrected chi connectivity index (χ3v) is 6.35. The van der Waals surface area contributed by atoms with Gasteiger partial charge >= 0.3 is 12.2 Å². The van der Waals surface area contributed by atoms with Gasteiger partial charge in [-0.25, -0.2) is 13.2 Å². The molecule has 1 aliphatic rings. The lowest BCUT2D eigenvalue weighted by Crippen LogP contribution is -2.52. The van der Waals surface area contributed by atoms with Crippen LogP contribution in [0.1, 0.15) is 19.4 Å². The van der Waals surface area contributed by atoms with Gasteiger partial charge in [0.25, 0.3) is 0 Å². The molecule has 8 nitrogen and oxygen atoms in total. The van der Waals surface area contributed by atoms with Crippen LogP contribution in [0.25, 0.3) is 0 Å². The average Bonchev–Trinajstić information content (AvgIpc) is 2.66. The first kappa shape index (κ1) is 24.1. The van der Waals surface area contributed by atoms with E-state index in [9.17, 15) is 31.2 Å². The minimum absolute atomic E-state index is 0.0662. The Morgan fingerprint density at radius 1 is 1.07 bits per heavy atom. The first-order valence-corrected chi connectivity index (χ1v) is 10.8. The van der Waals surface area contributed by atoms with E-state index < -0.39 is 33.7 Å². The van der Waals surface area contributed by atoms with Crippen molar-refractivity contribution in [2.45, 2.75) is 24.9 Å². The summed E-state index contributed by atoms with van der Waals surface area (Å²) in [5.41, 5.74) is -0.922. The zero-order valence-electron chi connectivity index (χ0n) is 16.7. The first-order valence-electron chi connectivity index (χ1n) is 9.37. The van der Waals surface area contributed by atoms with Crippen LogP contribution >= 0.6 is 0 Å². The van der Waals surface area contributed by atoms with Crippen molar-refractivity contribution < 1.29 is 31.2 Å². The number of halogens is 3. The van der Waals surface area contributed by atoms with Gasteiger partial charge in [-0.05, 0) is 30.2 Å². The van der Waals surface area contributed by atoms with Crippen molar-refractivity contribution in [2.24, 2.45) is 5.92 Å². The fourth-order valence-electron chi connectivity index (χ4n) is 2.80. The Morgan fingerprint density at radius 2 is 1.63 bits per heavy atom. The quantitative estimate of drug-likeness (QED) is 0.684. The third-order valence-electron chi connectivity index (χ3n) is 4.44. The standard InChI is InChI=1S/C18H25F3N4O4S/c1-13(2)11-22-17(27)23-16(26)12-24-7-9-25(10-8-24)30(28,29)15-5-3-14(4-6-15)18(19,20)21/h3-6,13H,7-12H2,1-2H3,(H2,22,23,26,27). The summed E-state index contributed by atoms with van der Waals surface area (Å²) in [5, 5.41) is 4.77. The highest BCUT2D eigenvalue weighted by Crippen LogP contribution is 2.30. The molecule has 12 heteroatoms. The van der Waals surface area contributed by atoms with E-state index in [1.807, 2.05) is 13.8 Å². The van der Waals surface area contributed by atoms with Crippen LogP contribution in [0.2, 0.25) is 0 Å². The van der Waals surface area contributed by atoms with Crippen LogP contribution in [0, 0.1) is 5.92 Å². The fraction of sp³-hybridized carbons (Fsp3) is 0.556. The lowest BCUT2D eigenvalue weighted by molar-refractivity contribution is -0.137. The summed E-state index contributed by atoms with van der Waals surface area (Å²) in [7, 11) is -3.94. The molecule has 1 heterocycles. The van der Waals surface area contributed by atoms with Crippen LogP contribution < -0.4 is 10.6 Å². The highest BCUT2D eigenvalue weighted by molar-refractivity contribution is 7.89. The molecule has 0 spiro atoms. The maximum atomic E-state index is 12.7. The Hall–Kier alpha value is -2.18. The SMILES string of the molecule is CC(C)CNC(=O)NC(=O)CN1CCN(S(=O)(=O)c2ccc(C(F)(F)F)cc2)CC1. The third kappa shape index (κ3) is 6.67. The minimum atomic E-state index is -4.54. The molecule has 0 aliphatic carbocycles. The molecule has 30 heavy (non-hydrogen) atoms. The Kier molecular flexibility index (Phi) is 7.83. The van der Waals surface area contributed by atoms with Gasteiger partial charge in [-0.1, -0.05) is 13.8 Å². The number of hydrogen-bond acceptors (Lipinski definition) is 5. The molecule has 0 unspecified atom stereocenters. The number of urea groups is 1. The monoisotopic (exact) mass is 450 g/mol. The molecule has 0 atom stereocenters. The number of piperazine rings is 1. The van der Waals surface area contributed by atoms with Gasteiger partial charge in [0.15, 0.2) is 0 Å². The van der Waals surface area contributed by atoms with E-state index in [0.29, 0.717) is 6.54 Å². The second kappa shape index (κ2) is 9.75. The number of carbonyl (C=O) groups is 2. The number of nitrogens with zero attached hydrogens (tertiary/aromatic N) is 2. The summed E-state index contributed by atoms with van der Waals surface area (Å²) in [4.78, 5) is 25.0. The lowest BCUT2D eigenvalue weighted by Gasteiger charge is -2.33. The van der Waals surface area contributed by atoms with Crippen molar-refractivity contribution in [2.75, 3.05) is 39.3 Å². The van der Waals surface area contributed by atoms with Crippen LogP contribution in [0.3, 0.4) is 0 Å². The molecule has 0 radical (unpaired) electrons. The predicted molar refractivity (Wildman–Crippen MR) is 103 cm³/mol. The van der Waals surface area contributed by atoms with Gasteiger partial charge < -0.3 is 5.32 Å². The van der Waals surface area contributed by atoms with E-state index in [0.717, 1.165) is 24.3 Å². The second-order valence-corrected chi connectivity index (χ2v) is 9.29. The number of benzene rings is 1. The van der Waals surface area contributed by atoms with Crippen LogP contribution in [0.15, 0.2) is 29.2 Å². The van der Waals surface area contributed by atoms with Crippen molar-refractivity contribution in [1.82, 2.24) is 19.8 Å². The van der Waals surface area contributed by atoms with Crippen molar-refractivity contribution in [3.63, 3.8) is 0 Å². The second-order valence-electron chi connectivity index (χ2n) is 7.35. The maximum Gasteiger partial charge on any atom is 0.416 e. The number of alkyl halides is 3. The number of nitrogens with one attached hydrogen (secondary N) is 2. The molecule has 2 rings (SSSR count). The van der Waals surface area contributed by atoms with Gasteiger partial charge in [0.2, 0.25) is 15.9 Å². The number of hydrogen-bond donors (Lipinski definition) is 2. The number of amides is 3. The van der Waals surface area contributed by atoms with E-state index >= 15 is 0 Å². The summed E-state index contributed by atoms with van der Waals surface area (Å²) < 4.78 is 64.4. The molecular formula is C18H25F3N4O4S. The summed E-state index contributed by atoms with van der Waals surface area (Å²) in [6.45, 7) is 4.86. The summed E-state index contributed by atoms with van der Waals surface area (Å²) in [5.74, 6) is -0.263. The summed E-state index contributed by atoms with van der Waals surface area (Å²) >= 11 is 0. The molecule has 3 amide bonds. The Morgan fingerprint density at radius 3 is 2.13 bits per heavy atom. The molecular weight excluding hydrogens is 425 g/mol. The van der Waals surface area contributed by atoms with Crippen LogP contribution in [-0.4, -0.2) is 68.8 Å². The molecule has 0 aromatic heterocycles. The topological polar surface area (TPSA) is 98.8 Å². The number of imide groups is 1. The summed E-state index contributed by atoms with van der Waals surface area (Å²) in [6.07, 6.45) is -4.54. The number of sulfonamides is 1. The smallest absolute Gasteiger partial charge is 0.338 e. The van der Waals surface area contributed by atoms with Gasteiger partial charge in [0, 0.05) is 32.7 Å². The largest absolute Gasteiger partial charge is 0.416 e. The van der Waals surface area contributed by atoms with Crippen molar-refractivity contribution in [3.05, 3.63) is 29.8 Å². The van der Waals surface area contributed by atoms with Crippen molar-refractivity contribution in [1.29, 1.82) is 0 Å². The fourth-order valence-corrected chi connectivity index (χ4v) is 4.23. The van der Waals surface area contributed by atoms with Crippen molar-refractivity contribution in [3.8, 4) is 0 Å². The van der Waals surface area contributed by atoms with E-state index in [2.05, 4.69) is 10.6 Å². The average molecular weight is 450 g/mol. The Bertz CT molecular complexity index is 849. The number of rotatable bonds is 6. The zero-order chi connectivity index (χ0) is 22.5. The Balaban J connectivity index is 1.87. The molecule has 168 valence electrons. The molecule has 1 aromatic carbocycles. The lowest BCUT2D eigenvalue weighted by atomic mass is 10.2. The molecule has 1 fully saturated rings. The highest BCUT2D eigenvalue weighted by atomic mass is 32.2. The maximum absolute atomic E-state index is 12.7. The summed E-state index contributed by atoms with van der Waals surface area (Å²) in [6, 6.07) is 2.76. The van der Waals surface area contributed by atoms with Gasteiger partial charge in [0.1, 0.15) is 0 Å². The Labute approximate surface area is 173 Å². The van der Waals surface area contributed by atoms with Crippen LogP contribution in [0.5, 0.6) is 0 Å². The minimum Gasteiger partial charge on any atom is -0.338 e. The normalized spacial score (nSPS) is 16.5. The molecule has 0 saturated carbocycles.